The Balaban J connectivity index is 2.35. The van der Waals surface area contributed by atoms with Crippen molar-refractivity contribution in [1.29, 1.82) is 0 Å². The van der Waals surface area contributed by atoms with Crippen molar-refractivity contribution < 1.29 is 14.7 Å². The lowest BCUT2D eigenvalue weighted by atomic mass is 10.1. The number of halogens is 1. The van der Waals surface area contributed by atoms with Crippen LogP contribution in [0.15, 0.2) is 23.1 Å². The largest absolute Gasteiger partial charge is 0.507 e. The van der Waals surface area contributed by atoms with Crippen molar-refractivity contribution in [2.75, 3.05) is 0 Å². The van der Waals surface area contributed by atoms with Crippen LogP contribution < -0.4 is 0 Å². The van der Waals surface area contributed by atoms with Gasteiger partial charge in [-0.3, -0.25) is 14.5 Å². The first kappa shape index (κ1) is 14.9. The highest BCUT2D eigenvalue weighted by Crippen LogP contribution is 2.35. The number of imide groups is 1. The number of phenols is 1. The lowest BCUT2D eigenvalue weighted by Gasteiger charge is -2.19. The van der Waals surface area contributed by atoms with Crippen LogP contribution in [0, 0.1) is 0 Å². The van der Waals surface area contributed by atoms with Crippen LogP contribution >= 0.6 is 23.4 Å². The molecule has 0 spiro atoms. The highest BCUT2D eigenvalue weighted by Gasteiger charge is 2.37. The first-order valence-electron chi connectivity index (χ1n) is 6.19. The third-order valence-corrected chi connectivity index (χ3v) is 4.25. The van der Waals surface area contributed by atoms with Gasteiger partial charge < -0.3 is 5.11 Å². The lowest BCUT2D eigenvalue weighted by molar-refractivity contribution is -0.124. The standard InChI is InChI=1S/C14H14ClNO3S/c1-3-8(2)16-13(18)12(20-14(16)19)7-9-6-10(15)4-5-11(9)17/h4-8,17H,3H2,1-2H3/b12-7+. The first-order valence-corrected chi connectivity index (χ1v) is 7.39. The Morgan fingerprint density at radius 1 is 1.45 bits per heavy atom. The summed E-state index contributed by atoms with van der Waals surface area (Å²) >= 11 is 6.74. The summed E-state index contributed by atoms with van der Waals surface area (Å²) in [6.07, 6.45) is 2.20. The third kappa shape index (κ3) is 2.83. The zero-order chi connectivity index (χ0) is 14.9. The van der Waals surface area contributed by atoms with Gasteiger partial charge in [-0.2, -0.15) is 0 Å². The van der Waals surface area contributed by atoms with Gasteiger partial charge in [0.2, 0.25) is 0 Å². The smallest absolute Gasteiger partial charge is 0.293 e. The number of benzene rings is 1. The molecule has 106 valence electrons. The van der Waals surface area contributed by atoms with E-state index in [2.05, 4.69) is 0 Å². The molecule has 1 atom stereocenters. The predicted molar refractivity (Wildman–Crippen MR) is 80.7 cm³/mol. The Kier molecular flexibility index (Phi) is 4.40. The van der Waals surface area contributed by atoms with Crippen LogP contribution in [-0.4, -0.2) is 27.2 Å². The fraction of sp³-hybridized carbons (Fsp3) is 0.286. The molecule has 4 nitrogen and oxygen atoms in total. The number of thioether (sulfide) groups is 1. The number of hydrogen-bond donors (Lipinski definition) is 1. The van der Waals surface area contributed by atoms with E-state index >= 15 is 0 Å². The number of nitrogens with zero attached hydrogens (tertiary/aromatic N) is 1. The van der Waals surface area contributed by atoms with Gasteiger partial charge in [0.05, 0.1) is 4.91 Å². The van der Waals surface area contributed by atoms with E-state index in [4.69, 9.17) is 11.6 Å². The Hall–Kier alpha value is -1.46. The maximum atomic E-state index is 12.2. The van der Waals surface area contributed by atoms with Crippen LogP contribution in [-0.2, 0) is 4.79 Å². The normalized spacial score (nSPS) is 18.9. The minimum absolute atomic E-state index is 0.0183. The van der Waals surface area contributed by atoms with Crippen molar-refractivity contribution in [3.63, 3.8) is 0 Å². The molecule has 1 N–H and O–H groups in total. The van der Waals surface area contributed by atoms with E-state index in [0.717, 1.165) is 11.8 Å². The average Bonchev–Trinajstić information content (AvgIpc) is 2.68. The minimum atomic E-state index is -0.325. The van der Waals surface area contributed by atoms with Crippen LogP contribution in [0.2, 0.25) is 5.02 Å². The molecule has 1 saturated heterocycles. The molecule has 0 aromatic heterocycles. The molecule has 0 radical (unpaired) electrons. The van der Waals surface area contributed by atoms with E-state index in [0.29, 0.717) is 21.9 Å². The van der Waals surface area contributed by atoms with Crippen LogP contribution in [0.1, 0.15) is 25.8 Å². The summed E-state index contributed by atoms with van der Waals surface area (Å²) in [5.74, 6) is -0.307. The molecule has 1 aromatic carbocycles. The molecule has 6 heteroatoms. The maximum absolute atomic E-state index is 12.2. The number of hydrogen-bond acceptors (Lipinski definition) is 4. The SMILES string of the molecule is CCC(C)N1C(=O)S/C(=C/c2cc(Cl)ccc2O)C1=O. The van der Waals surface area contributed by atoms with Crippen molar-refractivity contribution in [3.05, 3.63) is 33.7 Å². The second-order valence-electron chi connectivity index (χ2n) is 4.51. The molecule has 1 aromatic rings. The molecule has 1 aliphatic rings. The molecule has 0 saturated carbocycles. The van der Waals surface area contributed by atoms with Crippen LogP contribution in [0.3, 0.4) is 0 Å². The Morgan fingerprint density at radius 2 is 2.15 bits per heavy atom. The fourth-order valence-corrected chi connectivity index (χ4v) is 2.93. The number of carbonyl (C=O) groups is 2. The van der Waals surface area contributed by atoms with Gasteiger partial charge in [-0.1, -0.05) is 18.5 Å². The molecule has 2 amide bonds. The van der Waals surface area contributed by atoms with Crippen molar-refractivity contribution in [1.82, 2.24) is 4.90 Å². The van der Waals surface area contributed by atoms with E-state index in [9.17, 15) is 14.7 Å². The zero-order valence-corrected chi connectivity index (χ0v) is 12.7. The molecule has 1 fully saturated rings. The summed E-state index contributed by atoms with van der Waals surface area (Å²) in [6.45, 7) is 3.75. The zero-order valence-electron chi connectivity index (χ0n) is 11.1. The first-order chi connectivity index (χ1) is 9.43. The van der Waals surface area contributed by atoms with Gasteiger partial charge in [-0.25, -0.2) is 0 Å². The van der Waals surface area contributed by atoms with Crippen molar-refractivity contribution >= 4 is 40.6 Å². The molecule has 2 rings (SSSR count). The summed E-state index contributed by atoms with van der Waals surface area (Å²) in [6, 6.07) is 4.42. The van der Waals surface area contributed by atoms with E-state index in [-0.39, 0.29) is 22.9 Å². The van der Waals surface area contributed by atoms with E-state index < -0.39 is 0 Å². The molecule has 0 aliphatic carbocycles. The Morgan fingerprint density at radius 3 is 2.80 bits per heavy atom. The summed E-state index contributed by atoms with van der Waals surface area (Å²) < 4.78 is 0. The molecular weight excluding hydrogens is 298 g/mol. The Labute approximate surface area is 126 Å². The number of phenolic OH excluding ortho intramolecular Hbond substituents is 1. The third-order valence-electron chi connectivity index (χ3n) is 3.13. The van der Waals surface area contributed by atoms with Gasteiger partial charge in [-0.05, 0) is 49.4 Å². The van der Waals surface area contributed by atoms with Crippen LogP contribution in [0.25, 0.3) is 6.08 Å². The molecule has 1 heterocycles. The molecule has 0 bridgehead atoms. The highest BCUT2D eigenvalue weighted by atomic mass is 35.5. The predicted octanol–water partition coefficient (Wildman–Crippen LogP) is 3.88. The monoisotopic (exact) mass is 311 g/mol. The number of aromatic hydroxyl groups is 1. The highest BCUT2D eigenvalue weighted by molar-refractivity contribution is 8.18. The maximum Gasteiger partial charge on any atom is 0.293 e. The molecular formula is C14H14ClNO3S. The molecule has 1 aliphatic heterocycles. The van der Waals surface area contributed by atoms with Crippen molar-refractivity contribution in [3.8, 4) is 5.75 Å². The van der Waals surface area contributed by atoms with E-state index in [1.165, 1.54) is 17.0 Å². The topological polar surface area (TPSA) is 57.6 Å². The summed E-state index contributed by atoms with van der Waals surface area (Å²) in [7, 11) is 0. The van der Waals surface area contributed by atoms with Gasteiger partial charge in [0.25, 0.3) is 11.1 Å². The van der Waals surface area contributed by atoms with Gasteiger partial charge in [-0.15, -0.1) is 0 Å². The Bertz CT molecular complexity index is 600. The summed E-state index contributed by atoms with van der Waals surface area (Å²) in [5, 5.41) is 9.92. The number of carbonyl (C=O) groups excluding carboxylic acids is 2. The molecule has 1 unspecified atom stereocenters. The van der Waals surface area contributed by atoms with Crippen LogP contribution in [0.5, 0.6) is 5.75 Å². The summed E-state index contributed by atoms with van der Waals surface area (Å²) in [4.78, 5) is 25.6. The average molecular weight is 312 g/mol. The second kappa shape index (κ2) is 5.89. The van der Waals surface area contributed by atoms with Crippen molar-refractivity contribution in [2.24, 2.45) is 0 Å². The van der Waals surface area contributed by atoms with Crippen molar-refractivity contribution in [2.45, 2.75) is 26.3 Å². The van der Waals surface area contributed by atoms with Crippen LogP contribution in [0.4, 0.5) is 4.79 Å². The quantitative estimate of drug-likeness (QED) is 0.861. The van der Waals surface area contributed by atoms with Gasteiger partial charge in [0.1, 0.15) is 5.75 Å². The summed E-state index contributed by atoms with van der Waals surface area (Å²) in [5.41, 5.74) is 0.423. The van der Waals surface area contributed by atoms with Gasteiger partial charge in [0.15, 0.2) is 0 Å². The number of amides is 2. The molecule has 20 heavy (non-hydrogen) atoms. The lowest BCUT2D eigenvalue weighted by Crippen LogP contribution is -2.36. The van der Waals surface area contributed by atoms with E-state index in [1.54, 1.807) is 12.1 Å². The second-order valence-corrected chi connectivity index (χ2v) is 5.94. The minimum Gasteiger partial charge on any atom is -0.507 e. The van der Waals surface area contributed by atoms with Gasteiger partial charge in [0, 0.05) is 16.6 Å². The van der Waals surface area contributed by atoms with E-state index in [1.807, 2.05) is 13.8 Å². The van der Waals surface area contributed by atoms with Gasteiger partial charge >= 0.3 is 0 Å². The fourth-order valence-electron chi connectivity index (χ4n) is 1.82. The number of rotatable bonds is 3.